The Hall–Kier alpha value is -4.62. The summed E-state index contributed by atoms with van der Waals surface area (Å²) in [4.78, 5) is 72.4. The van der Waals surface area contributed by atoms with Crippen LogP contribution in [0, 0.1) is 25.6 Å². The highest BCUT2D eigenvalue weighted by Crippen LogP contribution is 2.49. The van der Waals surface area contributed by atoms with E-state index in [4.69, 9.17) is 9.47 Å². The molecule has 0 saturated heterocycles. The highest BCUT2D eigenvalue weighted by atomic mass is 16.6. The van der Waals surface area contributed by atoms with Crippen molar-refractivity contribution in [1.29, 1.82) is 0 Å². The van der Waals surface area contributed by atoms with Crippen molar-refractivity contribution in [3.63, 3.8) is 0 Å². The number of esters is 4. The van der Waals surface area contributed by atoms with Crippen LogP contribution in [0.4, 0.5) is 5.69 Å². The van der Waals surface area contributed by atoms with Crippen molar-refractivity contribution in [2.45, 2.75) is 6.42 Å². The highest BCUT2D eigenvalue weighted by molar-refractivity contribution is 6.19. The molecule has 0 saturated carbocycles. The molecule has 180 valence electrons. The normalized spacial score (nSPS) is 14.4. The van der Waals surface area contributed by atoms with Crippen molar-refractivity contribution in [2.75, 3.05) is 28.4 Å². The van der Waals surface area contributed by atoms with Gasteiger partial charge in [-0.25, -0.2) is 9.59 Å². The maximum absolute atomic E-state index is 13.0. The number of hydrogen-bond acceptors (Lipinski definition) is 12. The zero-order valence-corrected chi connectivity index (χ0v) is 18.3. The van der Waals surface area contributed by atoms with Gasteiger partial charge in [0.15, 0.2) is 0 Å². The minimum Gasteiger partial charge on any atom is -0.468 e. The molecule has 14 nitrogen and oxygen atoms in total. The second kappa shape index (κ2) is 9.89. The lowest BCUT2D eigenvalue weighted by Gasteiger charge is -2.33. The van der Waals surface area contributed by atoms with Gasteiger partial charge in [0.05, 0.1) is 55.8 Å². The fourth-order valence-electron chi connectivity index (χ4n) is 3.57. The van der Waals surface area contributed by atoms with Gasteiger partial charge < -0.3 is 18.9 Å². The summed E-state index contributed by atoms with van der Waals surface area (Å²) < 4.78 is 18.8. The van der Waals surface area contributed by atoms with Crippen LogP contribution in [-0.2, 0) is 33.3 Å². The van der Waals surface area contributed by atoms with E-state index in [0.29, 0.717) is 0 Å². The van der Waals surface area contributed by atoms with E-state index in [9.17, 15) is 39.4 Å². The van der Waals surface area contributed by atoms with Crippen molar-refractivity contribution in [3.8, 4) is 0 Å². The molecule has 0 bridgehead atoms. The summed E-state index contributed by atoms with van der Waals surface area (Å²) in [5.74, 6) is -5.03. The predicted octanol–water partition coefficient (Wildman–Crippen LogP) is 1.20. The molecule has 0 fully saturated rings. The lowest BCUT2D eigenvalue weighted by Crippen LogP contribution is -2.46. The number of carbonyl (C=O) groups is 4. The number of ether oxygens (including phenoxy) is 4. The lowest BCUT2D eigenvalue weighted by molar-refractivity contribution is -0.429. The standard InChI is InChI=1S/C20H18N2O12/c1-31-16(23)13-7-10(21(27)28)5-6-12(13)15-14(17(24)32-2)8-11(22(29)30)9-20(15,18(25)33-3)19(26)34-4/h5-8H,9H2,1-4H3. The maximum atomic E-state index is 13.0. The van der Waals surface area contributed by atoms with Crippen molar-refractivity contribution in [3.05, 3.63) is 66.9 Å². The van der Waals surface area contributed by atoms with E-state index in [2.05, 4.69) is 9.47 Å². The van der Waals surface area contributed by atoms with Gasteiger partial charge in [0.25, 0.3) is 5.69 Å². The summed E-state index contributed by atoms with van der Waals surface area (Å²) in [5, 5.41) is 22.9. The van der Waals surface area contributed by atoms with Gasteiger partial charge in [-0.15, -0.1) is 0 Å². The molecule has 0 atom stereocenters. The largest absolute Gasteiger partial charge is 0.468 e. The first-order valence-corrected chi connectivity index (χ1v) is 9.22. The van der Waals surface area contributed by atoms with Gasteiger partial charge in [0.2, 0.25) is 11.1 Å². The van der Waals surface area contributed by atoms with E-state index in [0.717, 1.165) is 52.7 Å². The molecule has 1 aliphatic carbocycles. The maximum Gasteiger partial charge on any atom is 0.338 e. The van der Waals surface area contributed by atoms with Crippen LogP contribution in [0.2, 0.25) is 0 Å². The molecule has 0 spiro atoms. The molecular formula is C20H18N2O12. The second-order valence-corrected chi connectivity index (χ2v) is 6.72. The van der Waals surface area contributed by atoms with E-state index >= 15 is 0 Å². The Morgan fingerprint density at radius 1 is 0.853 bits per heavy atom. The number of hydrogen-bond donors (Lipinski definition) is 0. The monoisotopic (exact) mass is 478 g/mol. The van der Waals surface area contributed by atoms with E-state index in [1.165, 1.54) is 0 Å². The molecule has 2 rings (SSSR count). The first-order chi connectivity index (χ1) is 16.0. The molecule has 0 radical (unpaired) electrons. The third kappa shape index (κ3) is 4.20. The van der Waals surface area contributed by atoms with Crippen LogP contribution in [0.1, 0.15) is 22.3 Å². The molecule has 0 aliphatic heterocycles. The van der Waals surface area contributed by atoms with Crippen LogP contribution in [-0.4, -0.2) is 62.2 Å². The minimum atomic E-state index is -2.65. The first kappa shape index (κ1) is 25.6. The van der Waals surface area contributed by atoms with Gasteiger partial charge in [-0.05, 0) is 11.6 Å². The van der Waals surface area contributed by atoms with Gasteiger partial charge in [-0.1, -0.05) is 0 Å². The summed E-state index contributed by atoms with van der Waals surface area (Å²) in [6, 6.07) is 2.74. The SMILES string of the molecule is COC(=O)C1=C(c2ccc([N+](=O)[O-])cc2C(=O)OC)C(C(=O)OC)(C(=O)OC)CC([N+](=O)[O-])=C1. The van der Waals surface area contributed by atoms with Crippen LogP contribution in [0.3, 0.4) is 0 Å². The van der Waals surface area contributed by atoms with Crippen molar-refractivity contribution in [1.82, 2.24) is 0 Å². The Morgan fingerprint density at radius 2 is 1.41 bits per heavy atom. The Kier molecular flexibility index (Phi) is 7.46. The van der Waals surface area contributed by atoms with Crippen molar-refractivity contribution >= 4 is 35.1 Å². The Bertz CT molecular complexity index is 1150. The number of non-ortho nitro benzene ring substituents is 1. The molecule has 1 aromatic carbocycles. The molecule has 1 aliphatic rings. The summed E-state index contributed by atoms with van der Waals surface area (Å²) in [7, 11) is 3.70. The average molecular weight is 478 g/mol. The van der Waals surface area contributed by atoms with Gasteiger partial charge in [0.1, 0.15) is 0 Å². The van der Waals surface area contributed by atoms with Crippen molar-refractivity contribution < 1.29 is 48.0 Å². The number of nitro groups is 2. The summed E-state index contributed by atoms with van der Waals surface area (Å²) in [6.45, 7) is 0. The summed E-state index contributed by atoms with van der Waals surface area (Å²) >= 11 is 0. The fourth-order valence-corrected chi connectivity index (χ4v) is 3.57. The van der Waals surface area contributed by atoms with Crippen LogP contribution in [0.15, 0.2) is 35.5 Å². The zero-order valence-electron chi connectivity index (χ0n) is 18.3. The first-order valence-electron chi connectivity index (χ1n) is 9.22. The molecule has 0 aromatic heterocycles. The summed E-state index contributed by atoms with van der Waals surface area (Å²) in [6.07, 6.45) is -0.152. The Morgan fingerprint density at radius 3 is 1.85 bits per heavy atom. The smallest absolute Gasteiger partial charge is 0.338 e. The number of nitrogens with zero attached hydrogens (tertiary/aromatic N) is 2. The van der Waals surface area contributed by atoms with Gasteiger partial charge >= 0.3 is 23.9 Å². The van der Waals surface area contributed by atoms with Gasteiger partial charge in [-0.3, -0.25) is 29.8 Å². The third-order valence-corrected chi connectivity index (χ3v) is 5.05. The lowest BCUT2D eigenvalue weighted by atomic mass is 9.67. The van der Waals surface area contributed by atoms with E-state index in [1.807, 2.05) is 0 Å². The van der Waals surface area contributed by atoms with E-state index < -0.39 is 73.7 Å². The molecule has 0 heterocycles. The molecule has 0 amide bonds. The molecule has 0 N–H and O–H groups in total. The average Bonchev–Trinajstić information content (AvgIpc) is 2.85. The number of allylic oxidation sites excluding steroid dienone is 1. The molecule has 1 aromatic rings. The van der Waals surface area contributed by atoms with Crippen LogP contribution < -0.4 is 0 Å². The molecular weight excluding hydrogens is 460 g/mol. The molecule has 34 heavy (non-hydrogen) atoms. The summed E-state index contributed by atoms with van der Waals surface area (Å²) in [5.41, 5.74) is -5.97. The van der Waals surface area contributed by atoms with Crippen LogP contribution in [0.5, 0.6) is 0 Å². The second-order valence-electron chi connectivity index (χ2n) is 6.72. The Labute approximate surface area is 191 Å². The van der Waals surface area contributed by atoms with Crippen molar-refractivity contribution in [2.24, 2.45) is 5.41 Å². The minimum absolute atomic E-state index is 0.340. The van der Waals surface area contributed by atoms with Gasteiger partial charge in [0, 0.05) is 23.8 Å². The highest BCUT2D eigenvalue weighted by Gasteiger charge is 2.58. The number of rotatable bonds is 7. The van der Waals surface area contributed by atoms with E-state index in [1.54, 1.807) is 0 Å². The number of carbonyl (C=O) groups excluding carboxylic acids is 4. The van der Waals surface area contributed by atoms with Crippen LogP contribution >= 0.6 is 0 Å². The molecule has 0 unspecified atom stereocenters. The Balaban J connectivity index is 3.19. The zero-order chi connectivity index (χ0) is 25.8. The van der Waals surface area contributed by atoms with Gasteiger partial charge in [-0.2, -0.15) is 0 Å². The number of methoxy groups -OCH3 is 4. The molecule has 14 heteroatoms. The quantitative estimate of drug-likeness (QED) is 0.179. The number of nitro benzene ring substituents is 1. The predicted molar refractivity (Wildman–Crippen MR) is 110 cm³/mol. The third-order valence-electron chi connectivity index (χ3n) is 5.05. The van der Waals surface area contributed by atoms with Crippen LogP contribution in [0.25, 0.3) is 5.57 Å². The van der Waals surface area contributed by atoms with E-state index in [-0.39, 0.29) is 5.56 Å². The fraction of sp³-hybridized carbons (Fsp3) is 0.300. The number of benzene rings is 1. The topological polar surface area (TPSA) is 191 Å².